The molecule has 0 radical (unpaired) electrons. The maximum Gasteiger partial charge on any atom is 0.143 e. The molecule has 3 N–H and O–H groups in total. The van der Waals surface area contributed by atoms with Gasteiger partial charge in [0.25, 0.3) is 0 Å². The van der Waals surface area contributed by atoms with Crippen LogP contribution in [0, 0.1) is 6.92 Å². The largest absolute Gasteiger partial charge is 0.495 e. The lowest BCUT2D eigenvalue weighted by molar-refractivity contribution is 0.417. The third-order valence-corrected chi connectivity index (χ3v) is 2.33. The van der Waals surface area contributed by atoms with Crippen LogP contribution in [0.1, 0.15) is 5.56 Å². The van der Waals surface area contributed by atoms with Crippen LogP contribution in [0.25, 0.3) is 0 Å². The molecule has 0 spiro atoms. The fourth-order valence-electron chi connectivity index (χ4n) is 1.33. The van der Waals surface area contributed by atoms with E-state index in [2.05, 4.69) is 5.32 Å². The lowest BCUT2D eigenvalue weighted by Gasteiger charge is -2.15. The van der Waals surface area contributed by atoms with Gasteiger partial charge < -0.3 is 15.8 Å². The summed E-state index contributed by atoms with van der Waals surface area (Å²) in [7, 11) is 5.50. The molecule has 1 aromatic rings. The van der Waals surface area contributed by atoms with E-state index in [1.54, 1.807) is 7.11 Å². The van der Waals surface area contributed by atoms with E-state index in [0.717, 1.165) is 28.2 Å². The van der Waals surface area contributed by atoms with E-state index in [9.17, 15) is 0 Å². The first-order valence-electron chi connectivity index (χ1n) is 4.23. The van der Waals surface area contributed by atoms with Crippen molar-refractivity contribution in [1.82, 2.24) is 0 Å². The maximum atomic E-state index is 5.93. The van der Waals surface area contributed by atoms with E-state index < -0.39 is 0 Å². The van der Waals surface area contributed by atoms with Gasteiger partial charge in [0.15, 0.2) is 0 Å². The number of methoxy groups -OCH3 is 1. The Morgan fingerprint density at radius 3 is 2.62 bits per heavy atom. The van der Waals surface area contributed by atoms with Gasteiger partial charge in [-0.25, -0.2) is 0 Å². The molecule has 0 saturated heterocycles. The van der Waals surface area contributed by atoms with Gasteiger partial charge in [-0.1, -0.05) is 5.46 Å². The van der Waals surface area contributed by atoms with Gasteiger partial charge in [-0.3, -0.25) is 0 Å². The lowest BCUT2D eigenvalue weighted by atomic mass is 9.89. The highest BCUT2D eigenvalue weighted by molar-refractivity contribution is 6.34. The molecular formula is C9H15BN2O. The summed E-state index contributed by atoms with van der Waals surface area (Å²) in [6.07, 6.45) is 0. The van der Waals surface area contributed by atoms with Crippen molar-refractivity contribution in [3.63, 3.8) is 0 Å². The van der Waals surface area contributed by atoms with Crippen LogP contribution in [0.15, 0.2) is 6.07 Å². The van der Waals surface area contributed by atoms with Crippen molar-refractivity contribution in [1.29, 1.82) is 0 Å². The molecular weight excluding hydrogens is 163 g/mol. The minimum atomic E-state index is 0.763. The van der Waals surface area contributed by atoms with Crippen LogP contribution in [-0.4, -0.2) is 22.0 Å². The average Bonchev–Trinajstić information content (AvgIpc) is 2.13. The molecule has 13 heavy (non-hydrogen) atoms. The Bertz CT molecular complexity index is 326. The molecule has 70 valence electrons. The summed E-state index contributed by atoms with van der Waals surface area (Å²) in [5.74, 6) is 0.795. The zero-order chi connectivity index (χ0) is 10.0. The topological polar surface area (TPSA) is 47.3 Å². The number of hydrogen-bond acceptors (Lipinski definition) is 3. The Morgan fingerprint density at radius 1 is 1.54 bits per heavy atom. The van der Waals surface area contributed by atoms with E-state index >= 15 is 0 Å². The van der Waals surface area contributed by atoms with Crippen LogP contribution in [0.4, 0.5) is 11.4 Å². The molecule has 4 heteroatoms. The molecule has 0 unspecified atom stereocenters. The van der Waals surface area contributed by atoms with Crippen LogP contribution in [-0.2, 0) is 0 Å². The normalized spacial score (nSPS) is 9.77. The predicted octanol–water partition coefficient (Wildman–Crippen LogP) is -0.114. The van der Waals surface area contributed by atoms with Crippen LogP contribution in [0.2, 0.25) is 0 Å². The summed E-state index contributed by atoms with van der Waals surface area (Å²) in [5, 5.41) is 3.03. The quantitative estimate of drug-likeness (QED) is 0.490. The van der Waals surface area contributed by atoms with Crippen LogP contribution < -0.4 is 21.3 Å². The molecule has 0 fully saturated rings. The van der Waals surface area contributed by atoms with Gasteiger partial charge in [0, 0.05) is 7.05 Å². The third kappa shape index (κ3) is 1.57. The number of benzene rings is 1. The summed E-state index contributed by atoms with van der Waals surface area (Å²) >= 11 is 0. The highest BCUT2D eigenvalue weighted by Crippen LogP contribution is 2.30. The van der Waals surface area contributed by atoms with Crippen molar-refractivity contribution in [2.45, 2.75) is 6.92 Å². The second-order valence-corrected chi connectivity index (χ2v) is 3.06. The molecule has 0 bridgehead atoms. The fourth-order valence-corrected chi connectivity index (χ4v) is 1.33. The molecule has 0 atom stereocenters. The Hall–Kier alpha value is -1.32. The number of anilines is 2. The van der Waals surface area contributed by atoms with Gasteiger partial charge in [-0.05, 0) is 18.6 Å². The Balaban J connectivity index is 3.39. The number of nitrogen functional groups attached to an aromatic ring is 1. The summed E-state index contributed by atoms with van der Waals surface area (Å²) < 4.78 is 5.21. The van der Waals surface area contributed by atoms with Crippen molar-refractivity contribution in [3.05, 3.63) is 11.6 Å². The predicted molar refractivity (Wildman–Crippen MR) is 59.9 cm³/mol. The minimum Gasteiger partial charge on any atom is -0.495 e. The van der Waals surface area contributed by atoms with Gasteiger partial charge in [0.1, 0.15) is 19.3 Å². The van der Waals surface area contributed by atoms with Gasteiger partial charge in [-0.15, -0.1) is 0 Å². The zero-order valence-corrected chi connectivity index (χ0v) is 8.56. The van der Waals surface area contributed by atoms with Gasteiger partial charge in [-0.2, -0.15) is 0 Å². The zero-order valence-electron chi connectivity index (χ0n) is 8.56. The van der Waals surface area contributed by atoms with Crippen molar-refractivity contribution in [2.24, 2.45) is 0 Å². The number of rotatable bonds is 2. The van der Waals surface area contributed by atoms with Crippen molar-refractivity contribution in [3.8, 4) is 5.75 Å². The van der Waals surface area contributed by atoms with Crippen LogP contribution in [0.3, 0.4) is 0 Å². The first kappa shape index (κ1) is 9.77. The minimum absolute atomic E-state index is 0.763. The van der Waals surface area contributed by atoms with Gasteiger partial charge in [0.05, 0.1) is 12.8 Å². The highest BCUT2D eigenvalue weighted by atomic mass is 16.5. The van der Waals surface area contributed by atoms with E-state index in [0.29, 0.717) is 0 Å². The first-order chi connectivity index (χ1) is 6.11. The molecule has 0 saturated carbocycles. The molecule has 0 aliphatic heterocycles. The summed E-state index contributed by atoms with van der Waals surface area (Å²) in [4.78, 5) is 0. The van der Waals surface area contributed by atoms with Crippen LogP contribution in [0.5, 0.6) is 5.75 Å². The molecule has 0 aliphatic carbocycles. The van der Waals surface area contributed by atoms with Crippen LogP contribution >= 0.6 is 0 Å². The molecule has 1 rings (SSSR count). The maximum absolute atomic E-state index is 5.93. The van der Waals surface area contributed by atoms with Crippen molar-refractivity contribution >= 4 is 24.7 Å². The van der Waals surface area contributed by atoms with Crippen molar-refractivity contribution < 1.29 is 4.74 Å². The van der Waals surface area contributed by atoms with E-state index in [-0.39, 0.29) is 0 Å². The first-order valence-corrected chi connectivity index (χ1v) is 4.23. The Morgan fingerprint density at radius 2 is 2.15 bits per heavy atom. The SMILES string of the molecule is Bc1cc(OC)c(NC)c(N)c1C. The Labute approximate surface area is 79.7 Å². The standard InChI is InChI=1S/C9H15BN2O/c1-5-6(10)4-7(13-3)9(12-2)8(5)11/h4,12H,10-11H2,1-3H3. The number of hydrogen-bond donors (Lipinski definition) is 2. The second kappa shape index (κ2) is 3.60. The van der Waals surface area contributed by atoms with E-state index in [1.165, 1.54) is 0 Å². The molecule has 0 heterocycles. The highest BCUT2D eigenvalue weighted by Gasteiger charge is 2.09. The molecule has 0 aromatic heterocycles. The number of nitrogens with two attached hydrogens (primary N) is 1. The van der Waals surface area contributed by atoms with E-state index in [4.69, 9.17) is 10.5 Å². The monoisotopic (exact) mass is 178 g/mol. The summed E-state index contributed by atoms with van der Waals surface area (Å²) in [6, 6.07) is 1.98. The molecule has 3 nitrogen and oxygen atoms in total. The lowest BCUT2D eigenvalue weighted by Crippen LogP contribution is -2.13. The van der Waals surface area contributed by atoms with E-state index in [1.807, 2.05) is 27.9 Å². The van der Waals surface area contributed by atoms with Gasteiger partial charge in [0.2, 0.25) is 0 Å². The van der Waals surface area contributed by atoms with Gasteiger partial charge >= 0.3 is 0 Å². The summed E-state index contributed by atoms with van der Waals surface area (Å²) in [6.45, 7) is 2.00. The molecule has 0 aliphatic rings. The van der Waals surface area contributed by atoms with Crippen molar-refractivity contribution in [2.75, 3.05) is 25.2 Å². The third-order valence-electron chi connectivity index (χ3n) is 2.33. The average molecular weight is 178 g/mol. The number of ether oxygens (including phenoxy) is 1. The molecule has 0 amide bonds. The number of nitrogens with one attached hydrogen (secondary N) is 1. The summed E-state index contributed by atoms with van der Waals surface area (Å²) in [5.41, 5.74) is 9.81. The smallest absolute Gasteiger partial charge is 0.143 e. The Kier molecular flexibility index (Phi) is 2.71. The second-order valence-electron chi connectivity index (χ2n) is 3.06. The molecule has 1 aromatic carbocycles. The fraction of sp³-hybridized carbons (Fsp3) is 0.333.